The largest absolute Gasteiger partial charge is 0.494 e. The molecule has 0 saturated carbocycles. The second-order valence-electron chi connectivity index (χ2n) is 5.33. The van der Waals surface area contributed by atoms with Crippen molar-refractivity contribution in [3.05, 3.63) is 34.7 Å². The zero-order chi connectivity index (χ0) is 14.8. The maximum atomic E-state index is 12.1. The molecule has 2 heterocycles. The van der Waals surface area contributed by atoms with Crippen molar-refractivity contribution < 1.29 is 9.15 Å². The highest BCUT2D eigenvalue weighted by Gasteiger charge is 2.19. The molecular formula is C16H20N2O3. The molecule has 1 aliphatic heterocycles. The fourth-order valence-electron chi connectivity index (χ4n) is 2.68. The smallest absolute Gasteiger partial charge is 0.192 e. The number of likely N-dealkylation sites (N-methyl/N-ethyl adjacent to an activating group) is 1. The molecule has 5 nitrogen and oxygen atoms in total. The molecule has 21 heavy (non-hydrogen) atoms. The Labute approximate surface area is 123 Å². The summed E-state index contributed by atoms with van der Waals surface area (Å²) in [7, 11) is 2.12. The molecule has 1 aliphatic rings. The van der Waals surface area contributed by atoms with Crippen LogP contribution < -0.4 is 15.1 Å². The van der Waals surface area contributed by atoms with Crippen molar-refractivity contribution in [2.75, 3.05) is 44.7 Å². The van der Waals surface area contributed by atoms with Gasteiger partial charge in [-0.1, -0.05) is 0 Å². The normalized spacial score (nSPS) is 16.4. The molecule has 0 bridgehead atoms. The number of hydrogen-bond acceptors (Lipinski definition) is 5. The Balaban J connectivity index is 2.11. The predicted octanol–water partition coefficient (Wildman–Crippen LogP) is 1.94. The highest BCUT2D eigenvalue weighted by molar-refractivity contribution is 5.90. The van der Waals surface area contributed by atoms with Crippen molar-refractivity contribution in [1.82, 2.24) is 4.90 Å². The summed E-state index contributed by atoms with van der Waals surface area (Å²) < 4.78 is 11.2. The third-order valence-corrected chi connectivity index (χ3v) is 3.87. The standard InChI is InChI=1S/C16H20N2O3/c1-3-20-12-10-13-15(19)4-9-21-16(13)14(11-12)18-7-5-17(2)6-8-18/h4,9-11H,3,5-8H2,1-2H3. The molecule has 5 heteroatoms. The summed E-state index contributed by atoms with van der Waals surface area (Å²) in [6.45, 7) is 6.34. The van der Waals surface area contributed by atoms with Crippen LogP contribution in [0.5, 0.6) is 5.75 Å². The Morgan fingerprint density at radius 2 is 2.00 bits per heavy atom. The summed E-state index contributed by atoms with van der Waals surface area (Å²) >= 11 is 0. The van der Waals surface area contributed by atoms with Crippen LogP contribution in [-0.4, -0.2) is 44.7 Å². The average Bonchev–Trinajstić information content (AvgIpc) is 2.49. The second kappa shape index (κ2) is 5.77. The van der Waals surface area contributed by atoms with Gasteiger partial charge in [0.15, 0.2) is 11.0 Å². The Morgan fingerprint density at radius 3 is 2.71 bits per heavy atom. The average molecular weight is 288 g/mol. The van der Waals surface area contributed by atoms with Gasteiger partial charge < -0.3 is 19.0 Å². The number of ether oxygens (including phenoxy) is 1. The quantitative estimate of drug-likeness (QED) is 0.864. The van der Waals surface area contributed by atoms with Crippen LogP contribution in [0, 0.1) is 0 Å². The van der Waals surface area contributed by atoms with Crippen molar-refractivity contribution in [2.45, 2.75) is 6.92 Å². The molecule has 1 aromatic carbocycles. The molecule has 1 aromatic heterocycles. The topological polar surface area (TPSA) is 45.9 Å². The number of hydrogen-bond donors (Lipinski definition) is 0. The summed E-state index contributed by atoms with van der Waals surface area (Å²) in [5.41, 5.74) is 1.56. The van der Waals surface area contributed by atoms with Crippen LogP contribution in [0.25, 0.3) is 11.0 Å². The number of piperazine rings is 1. The van der Waals surface area contributed by atoms with Gasteiger partial charge in [-0.3, -0.25) is 4.79 Å². The minimum atomic E-state index is -0.0341. The van der Waals surface area contributed by atoms with Gasteiger partial charge in [0.05, 0.1) is 23.9 Å². The van der Waals surface area contributed by atoms with E-state index in [1.807, 2.05) is 13.0 Å². The molecule has 0 atom stereocenters. The number of benzene rings is 1. The second-order valence-corrected chi connectivity index (χ2v) is 5.33. The van der Waals surface area contributed by atoms with E-state index in [9.17, 15) is 4.79 Å². The van der Waals surface area contributed by atoms with Crippen LogP contribution in [0.2, 0.25) is 0 Å². The van der Waals surface area contributed by atoms with Gasteiger partial charge in [-0.2, -0.15) is 0 Å². The Hall–Kier alpha value is -2.01. The fraction of sp³-hybridized carbons (Fsp3) is 0.438. The van der Waals surface area contributed by atoms with E-state index in [0.29, 0.717) is 17.6 Å². The number of fused-ring (bicyclic) bond motifs is 1. The van der Waals surface area contributed by atoms with Gasteiger partial charge in [-0.15, -0.1) is 0 Å². The SMILES string of the molecule is CCOc1cc(N2CCN(C)CC2)c2occc(=O)c2c1. The van der Waals surface area contributed by atoms with E-state index in [1.54, 1.807) is 6.07 Å². The Kier molecular flexibility index (Phi) is 3.84. The fourth-order valence-corrected chi connectivity index (χ4v) is 2.68. The lowest BCUT2D eigenvalue weighted by molar-refractivity contribution is 0.312. The highest BCUT2D eigenvalue weighted by Crippen LogP contribution is 2.31. The maximum absolute atomic E-state index is 12.1. The number of nitrogens with zero attached hydrogens (tertiary/aromatic N) is 2. The molecular weight excluding hydrogens is 268 g/mol. The van der Waals surface area contributed by atoms with Gasteiger partial charge in [0.2, 0.25) is 0 Å². The molecule has 0 radical (unpaired) electrons. The van der Waals surface area contributed by atoms with Gasteiger partial charge in [0, 0.05) is 38.3 Å². The monoisotopic (exact) mass is 288 g/mol. The summed E-state index contributed by atoms with van der Waals surface area (Å²) in [6.07, 6.45) is 1.46. The van der Waals surface area contributed by atoms with Crippen molar-refractivity contribution in [3.63, 3.8) is 0 Å². The van der Waals surface area contributed by atoms with Crippen LogP contribution in [-0.2, 0) is 0 Å². The van der Waals surface area contributed by atoms with E-state index in [2.05, 4.69) is 16.8 Å². The molecule has 0 unspecified atom stereocenters. The molecule has 112 valence electrons. The number of anilines is 1. The summed E-state index contributed by atoms with van der Waals surface area (Å²) in [6, 6.07) is 5.19. The molecule has 1 saturated heterocycles. The van der Waals surface area contributed by atoms with E-state index in [0.717, 1.165) is 37.6 Å². The van der Waals surface area contributed by atoms with Gasteiger partial charge in [0.25, 0.3) is 0 Å². The van der Waals surface area contributed by atoms with Crippen LogP contribution in [0.1, 0.15) is 6.92 Å². The summed E-state index contributed by atoms with van der Waals surface area (Å²) in [4.78, 5) is 16.6. The maximum Gasteiger partial charge on any atom is 0.192 e. The third-order valence-electron chi connectivity index (χ3n) is 3.87. The number of rotatable bonds is 3. The van der Waals surface area contributed by atoms with E-state index >= 15 is 0 Å². The first kappa shape index (κ1) is 13.9. The molecule has 2 aromatic rings. The van der Waals surface area contributed by atoms with Gasteiger partial charge in [-0.25, -0.2) is 0 Å². The first-order valence-electron chi connectivity index (χ1n) is 7.31. The van der Waals surface area contributed by atoms with E-state index in [-0.39, 0.29) is 5.43 Å². The third kappa shape index (κ3) is 2.74. The zero-order valence-corrected chi connectivity index (χ0v) is 12.5. The van der Waals surface area contributed by atoms with Crippen molar-refractivity contribution >= 4 is 16.7 Å². The van der Waals surface area contributed by atoms with E-state index < -0.39 is 0 Å². The van der Waals surface area contributed by atoms with Crippen molar-refractivity contribution in [3.8, 4) is 5.75 Å². The molecule has 0 N–H and O–H groups in total. The lowest BCUT2D eigenvalue weighted by atomic mass is 10.1. The molecule has 3 rings (SSSR count). The summed E-state index contributed by atoms with van der Waals surface area (Å²) in [5, 5.41) is 0.581. The lowest BCUT2D eigenvalue weighted by Crippen LogP contribution is -2.44. The van der Waals surface area contributed by atoms with Gasteiger partial charge in [-0.05, 0) is 20.0 Å². The van der Waals surface area contributed by atoms with Crippen LogP contribution >= 0.6 is 0 Å². The predicted molar refractivity (Wildman–Crippen MR) is 83.4 cm³/mol. The highest BCUT2D eigenvalue weighted by atomic mass is 16.5. The summed E-state index contributed by atoms with van der Waals surface area (Å²) in [5.74, 6) is 0.720. The first-order chi connectivity index (χ1) is 10.2. The van der Waals surface area contributed by atoms with Crippen molar-refractivity contribution in [2.24, 2.45) is 0 Å². The minimum Gasteiger partial charge on any atom is -0.494 e. The minimum absolute atomic E-state index is 0.0341. The van der Waals surface area contributed by atoms with Crippen LogP contribution in [0.3, 0.4) is 0 Å². The lowest BCUT2D eigenvalue weighted by Gasteiger charge is -2.34. The van der Waals surface area contributed by atoms with Crippen LogP contribution in [0.15, 0.2) is 33.7 Å². The molecule has 0 spiro atoms. The van der Waals surface area contributed by atoms with Gasteiger partial charge in [0.1, 0.15) is 5.75 Å². The Bertz CT molecular complexity index is 687. The first-order valence-corrected chi connectivity index (χ1v) is 7.31. The van der Waals surface area contributed by atoms with E-state index in [1.165, 1.54) is 12.3 Å². The molecule has 0 amide bonds. The zero-order valence-electron chi connectivity index (χ0n) is 12.5. The Morgan fingerprint density at radius 1 is 1.24 bits per heavy atom. The van der Waals surface area contributed by atoms with Crippen LogP contribution in [0.4, 0.5) is 5.69 Å². The molecule has 1 fully saturated rings. The molecule has 0 aliphatic carbocycles. The van der Waals surface area contributed by atoms with Gasteiger partial charge >= 0.3 is 0 Å². The van der Waals surface area contributed by atoms with Crippen molar-refractivity contribution in [1.29, 1.82) is 0 Å². The van der Waals surface area contributed by atoms with E-state index in [4.69, 9.17) is 9.15 Å².